The van der Waals surface area contributed by atoms with Gasteiger partial charge in [-0.15, -0.1) is 0 Å². The molecule has 1 unspecified atom stereocenters. The Balaban J connectivity index is 4.20. The first-order valence-corrected chi connectivity index (χ1v) is 33.0. The van der Waals surface area contributed by atoms with Crippen LogP contribution in [0.4, 0.5) is 0 Å². The second-order valence-electron chi connectivity index (χ2n) is 21.6. The van der Waals surface area contributed by atoms with Gasteiger partial charge in [-0.05, 0) is 128 Å². The monoisotopic (exact) mass is 1090 g/mol. The fourth-order valence-electron chi connectivity index (χ4n) is 9.04. The molecular weight excluding hydrogens is 973 g/mol. The highest BCUT2D eigenvalue weighted by Crippen LogP contribution is 2.16. The molecule has 1 atom stereocenters. The molecule has 0 aromatic rings. The maximum atomic E-state index is 12.9. The fourth-order valence-corrected chi connectivity index (χ4v) is 9.04. The topological polar surface area (TPSA) is 78.9 Å². The number of hydrogen-bond acceptors (Lipinski definition) is 6. The molecule has 0 rings (SSSR count). The molecule has 0 aliphatic carbocycles. The lowest BCUT2D eigenvalue weighted by atomic mass is 10.0. The molecule has 0 aliphatic heterocycles. The normalized spacial score (nSPS) is 12.9. The number of ether oxygens (including phenoxy) is 3. The van der Waals surface area contributed by atoms with Crippen molar-refractivity contribution >= 4 is 17.9 Å². The van der Waals surface area contributed by atoms with Crippen LogP contribution in [0.25, 0.3) is 0 Å². The maximum absolute atomic E-state index is 12.9. The van der Waals surface area contributed by atoms with Gasteiger partial charge in [0.05, 0.1) is 0 Å². The zero-order valence-corrected chi connectivity index (χ0v) is 51.6. The van der Waals surface area contributed by atoms with Gasteiger partial charge in [0.1, 0.15) is 13.2 Å². The number of carbonyl (C=O) groups excluding carboxylic acids is 3. The van der Waals surface area contributed by atoms with E-state index >= 15 is 0 Å². The van der Waals surface area contributed by atoms with E-state index in [0.717, 1.165) is 141 Å². The van der Waals surface area contributed by atoms with Crippen LogP contribution in [-0.4, -0.2) is 37.2 Å². The van der Waals surface area contributed by atoms with E-state index in [9.17, 15) is 14.4 Å². The molecule has 0 spiro atoms. The Hall–Kier alpha value is -4.19. The van der Waals surface area contributed by atoms with Crippen LogP contribution in [0.3, 0.4) is 0 Å². The predicted octanol–water partition coefficient (Wildman–Crippen LogP) is 22.8. The van der Waals surface area contributed by atoms with Crippen LogP contribution < -0.4 is 0 Å². The Bertz CT molecular complexity index is 1640. The maximum Gasteiger partial charge on any atom is 0.306 e. The van der Waals surface area contributed by atoms with Gasteiger partial charge in [-0.2, -0.15) is 0 Å². The Labute approximate surface area is 488 Å². The summed E-state index contributed by atoms with van der Waals surface area (Å²) >= 11 is 0. The highest BCUT2D eigenvalue weighted by Gasteiger charge is 2.19. The Morgan fingerprint density at radius 1 is 0.266 bits per heavy atom. The number of carbonyl (C=O) groups is 3. The summed E-state index contributed by atoms with van der Waals surface area (Å²) in [5, 5.41) is 0. The molecule has 0 radical (unpaired) electrons. The third-order valence-corrected chi connectivity index (χ3v) is 13.9. The van der Waals surface area contributed by atoms with Gasteiger partial charge in [0.2, 0.25) is 0 Å². The molecule has 0 amide bonds. The van der Waals surface area contributed by atoms with Crippen molar-refractivity contribution in [3.8, 4) is 0 Å². The highest BCUT2D eigenvalue weighted by atomic mass is 16.6. The number of esters is 3. The minimum Gasteiger partial charge on any atom is -0.462 e. The van der Waals surface area contributed by atoms with Crippen LogP contribution in [0.2, 0.25) is 0 Å². The smallest absolute Gasteiger partial charge is 0.306 e. The predicted molar refractivity (Wildman–Crippen MR) is 343 cm³/mol. The lowest BCUT2D eigenvalue weighted by Gasteiger charge is -2.18. The van der Waals surface area contributed by atoms with E-state index in [1.54, 1.807) is 0 Å². The van der Waals surface area contributed by atoms with Crippen LogP contribution in [0.15, 0.2) is 122 Å². The quantitative estimate of drug-likeness (QED) is 0.0261. The highest BCUT2D eigenvalue weighted by molar-refractivity contribution is 5.71. The molecule has 0 heterocycles. The fraction of sp³-hybridized carbons (Fsp3) is 0.685. The number of unbranched alkanes of at least 4 members (excludes halogenated alkanes) is 28. The average Bonchev–Trinajstić information content (AvgIpc) is 3.45. The largest absolute Gasteiger partial charge is 0.462 e. The van der Waals surface area contributed by atoms with E-state index in [2.05, 4.69) is 142 Å². The minimum absolute atomic E-state index is 0.0880. The second-order valence-corrected chi connectivity index (χ2v) is 21.6. The summed E-state index contributed by atoms with van der Waals surface area (Å²) in [6.45, 7) is 6.39. The molecule has 0 aliphatic rings. The molecule has 79 heavy (non-hydrogen) atoms. The molecule has 6 heteroatoms. The third kappa shape index (κ3) is 64.5. The van der Waals surface area contributed by atoms with Gasteiger partial charge in [0.15, 0.2) is 6.10 Å². The molecule has 450 valence electrons. The van der Waals surface area contributed by atoms with Gasteiger partial charge in [-0.25, -0.2) is 0 Å². The SMILES string of the molecule is CC/C=C\C/C=C\C/C=C\C/C=C\C/C=C\C/C=C\CCCCCCCCCCCCCCCCC(=O)OCC(COC(=O)CCCCCCC/C=C\CCCCCC)OC(=O)CCCCCCC/C=C\C/C=C\C/C=C\CC. The van der Waals surface area contributed by atoms with Gasteiger partial charge in [0, 0.05) is 19.3 Å². The molecule has 0 saturated carbocycles. The molecular formula is C73H122O6. The van der Waals surface area contributed by atoms with E-state index in [1.165, 1.54) is 122 Å². The van der Waals surface area contributed by atoms with Gasteiger partial charge in [-0.1, -0.05) is 277 Å². The standard InChI is InChI=1S/C73H122O6/c1-4-7-10-13-16-19-22-25-27-28-29-30-31-32-33-34-35-36-37-38-39-40-41-42-43-44-46-48-51-54-57-60-63-66-72(75)78-69-70(68-77-71(74)65-62-59-56-53-50-47-24-21-18-15-12-9-6-3)79-73(76)67-64-61-58-55-52-49-45-26-23-20-17-14-11-8-5-2/h7-8,10-11,16-17,19-21,24-27,29-30,32-33,35-36,45,70H,4-6,9,12-15,18,22-23,28,31,34,37-44,46-69H2,1-3H3/b10-7-,11-8-,19-16-,20-17-,24-21-,27-25-,30-29-,33-32-,36-35-,45-26-. The Kier molecular flexibility index (Phi) is 62.8. The van der Waals surface area contributed by atoms with E-state index in [1.807, 2.05) is 0 Å². The molecule has 0 aromatic heterocycles. The van der Waals surface area contributed by atoms with Crippen molar-refractivity contribution in [3.05, 3.63) is 122 Å². The third-order valence-electron chi connectivity index (χ3n) is 13.9. The van der Waals surface area contributed by atoms with E-state index < -0.39 is 6.10 Å². The van der Waals surface area contributed by atoms with Crippen LogP contribution >= 0.6 is 0 Å². The summed E-state index contributed by atoms with van der Waals surface area (Å²) in [6, 6.07) is 0. The number of hydrogen-bond donors (Lipinski definition) is 0. The van der Waals surface area contributed by atoms with Crippen molar-refractivity contribution in [2.45, 2.75) is 309 Å². The van der Waals surface area contributed by atoms with Crippen LogP contribution in [-0.2, 0) is 28.6 Å². The van der Waals surface area contributed by atoms with E-state index in [0.29, 0.717) is 19.3 Å². The molecule has 0 aromatic carbocycles. The van der Waals surface area contributed by atoms with Gasteiger partial charge >= 0.3 is 17.9 Å². The number of rotatable bonds is 59. The minimum atomic E-state index is -0.792. The van der Waals surface area contributed by atoms with Crippen molar-refractivity contribution in [1.82, 2.24) is 0 Å². The van der Waals surface area contributed by atoms with E-state index in [-0.39, 0.29) is 31.1 Å². The van der Waals surface area contributed by atoms with Crippen molar-refractivity contribution in [1.29, 1.82) is 0 Å². The van der Waals surface area contributed by atoms with Gasteiger partial charge in [-0.3, -0.25) is 14.4 Å². The summed E-state index contributed by atoms with van der Waals surface area (Å²) < 4.78 is 16.9. The van der Waals surface area contributed by atoms with Crippen molar-refractivity contribution in [2.24, 2.45) is 0 Å². The van der Waals surface area contributed by atoms with E-state index in [4.69, 9.17) is 14.2 Å². The van der Waals surface area contributed by atoms with Gasteiger partial charge in [0.25, 0.3) is 0 Å². The van der Waals surface area contributed by atoms with Crippen molar-refractivity contribution in [3.63, 3.8) is 0 Å². The summed E-state index contributed by atoms with van der Waals surface area (Å²) in [7, 11) is 0. The summed E-state index contributed by atoms with van der Waals surface area (Å²) in [5.74, 6) is -0.909. The number of allylic oxidation sites excluding steroid dienone is 20. The second kappa shape index (κ2) is 66.3. The summed E-state index contributed by atoms with van der Waals surface area (Å²) in [4.78, 5) is 38.3. The molecule has 0 fully saturated rings. The molecule has 0 N–H and O–H groups in total. The summed E-state index contributed by atoms with van der Waals surface area (Å²) in [5.41, 5.74) is 0. The zero-order valence-electron chi connectivity index (χ0n) is 51.6. The summed E-state index contributed by atoms with van der Waals surface area (Å²) in [6.07, 6.45) is 92.2. The average molecular weight is 1100 g/mol. The zero-order chi connectivity index (χ0) is 57.1. The lowest BCUT2D eigenvalue weighted by molar-refractivity contribution is -0.167. The molecule has 0 saturated heterocycles. The van der Waals surface area contributed by atoms with Gasteiger partial charge < -0.3 is 14.2 Å². The van der Waals surface area contributed by atoms with Crippen molar-refractivity contribution in [2.75, 3.05) is 13.2 Å². The van der Waals surface area contributed by atoms with Crippen molar-refractivity contribution < 1.29 is 28.6 Å². The first kappa shape index (κ1) is 74.8. The Morgan fingerprint density at radius 3 is 0.785 bits per heavy atom. The first-order chi connectivity index (χ1) is 39.0. The van der Waals surface area contributed by atoms with Crippen LogP contribution in [0.1, 0.15) is 303 Å². The lowest BCUT2D eigenvalue weighted by Crippen LogP contribution is -2.30. The van der Waals surface area contributed by atoms with Crippen LogP contribution in [0.5, 0.6) is 0 Å². The molecule has 6 nitrogen and oxygen atoms in total. The molecule has 0 bridgehead atoms. The Morgan fingerprint density at radius 2 is 0.494 bits per heavy atom. The first-order valence-electron chi connectivity index (χ1n) is 33.0. The van der Waals surface area contributed by atoms with Crippen LogP contribution in [0, 0.1) is 0 Å².